The molecule has 0 aliphatic carbocycles. The number of unbranched alkanes of at least 4 members (excludes halogenated alkanes) is 11. The first kappa shape index (κ1) is 22.0. The summed E-state index contributed by atoms with van der Waals surface area (Å²) in [6, 6.07) is 7.65. The second-order valence-electron chi connectivity index (χ2n) is 6.92. The van der Waals surface area contributed by atoms with Crippen molar-refractivity contribution in [3.63, 3.8) is 0 Å². The van der Waals surface area contributed by atoms with Gasteiger partial charge in [0.15, 0.2) is 0 Å². The average Bonchev–Trinajstić information content (AvgIpc) is 2.59. The molecule has 0 bridgehead atoms. The van der Waals surface area contributed by atoms with E-state index in [0.717, 1.165) is 24.3 Å². The Balaban J connectivity index is 1.93. The van der Waals surface area contributed by atoms with Crippen LogP contribution in [0.4, 0.5) is 0 Å². The number of carbonyl (C=O) groups excluding carboxylic acids is 1. The molecule has 0 radical (unpaired) electrons. The second-order valence-corrected chi connectivity index (χ2v) is 7.34. The van der Waals surface area contributed by atoms with Crippen LogP contribution >= 0.6 is 11.6 Å². The predicted octanol–water partition coefficient (Wildman–Crippen LogP) is 7.07. The SMILES string of the molecule is CCCCCCCCCCCCCCOc1cccc(CC(=O)Cl)c1. The van der Waals surface area contributed by atoms with Gasteiger partial charge in [0.05, 0.1) is 6.61 Å². The van der Waals surface area contributed by atoms with Crippen LogP contribution in [-0.4, -0.2) is 11.8 Å². The fourth-order valence-corrected chi connectivity index (χ4v) is 3.19. The average molecular weight is 367 g/mol. The van der Waals surface area contributed by atoms with E-state index in [9.17, 15) is 4.79 Å². The largest absolute Gasteiger partial charge is 0.494 e. The van der Waals surface area contributed by atoms with Gasteiger partial charge in [-0.1, -0.05) is 89.7 Å². The molecule has 1 rings (SSSR count). The molecule has 0 aliphatic rings. The van der Waals surface area contributed by atoms with Crippen LogP contribution in [0.25, 0.3) is 0 Å². The summed E-state index contributed by atoms with van der Waals surface area (Å²) in [5.74, 6) is 0.832. The van der Waals surface area contributed by atoms with E-state index in [0.29, 0.717) is 0 Å². The summed E-state index contributed by atoms with van der Waals surface area (Å²) in [4.78, 5) is 10.9. The van der Waals surface area contributed by atoms with E-state index in [4.69, 9.17) is 16.3 Å². The van der Waals surface area contributed by atoms with Gasteiger partial charge in [-0.2, -0.15) is 0 Å². The van der Waals surface area contributed by atoms with Crippen molar-refractivity contribution in [3.8, 4) is 5.75 Å². The van der Waals surface area contributed by atoms with E-state index in [1.54, 1.807) is 0 Å². The van der Waals surface area contributed by atoms with Crippen molar-refractivity contribution >= 4 is 16.8 Å². The van der Waals surface area contributed by atoms with Gasteiger partial charge in [-0.25, -0.2) is 0 Å². The van der Waals surface area contributed by atoms with Gasteiger partial charge in [0.2, 0.25) is 5.24 Å². The molecule has 1 aromatic carbocycles. The first-order valence-electron chi connectivity index (χ1n) is 10.1. The maximum absolute atomic E-state index is 10.9. The third kappa shape index (κ3) is 12.9. The van der Waals surface area contributed by atoms with Crippen molar-refractivity contribution in [1.82, 2.24) is 0 Å². The third-order valence-electron chi connectivity index (χ3n) is 4.51. The number of ether oxygens (including phenoxy) is 1. The zero-order valence-corrected chi connectivity index (χ0v) is 16.7. The number of benzene rings is 1. The van der Waals surface area contributed by atoms with Gasteiger partial charge in [-0.05, 0) is 35.7 Å². The van der Waals surface area contributed by atoms with Gasteiger partial charge in [-0.15, -0.1) is 0 Å². The molecule has 0 spiro atoms. The maximum atomic E-state index is 10.9. The highest BCUT2D eigenvalue weighted by atomic mass is 35.5. The number of rotatable bonds is 16. The fraction of sp³-hybridized carbons (Fsp3) is 0.682. The molecule has 0 saturated carbocycles. The normalized spacial score (nSPS) is 10.8. The molecule has 25 heavy (non-hydrogen) atoms. The van der Waals surface area contributed by atoms with E-state index < -0.39 is 0 Å². The van der Waals surface area contributed by atoms with Crippen LogP contribution in [0.2, 0.25) is 0 Å². The van der Waals surface area contributed by atoms with Crippen LogP contribution in [0.5, 0.6) is 5.75 Å². The van der Waals surface area contributed by atoms with Gasteiger partial charge < -0.3 is 4.74 Å². The van der Waals surface area contributed by atoms with Crippen molar-refractivity contribution in [2.45, 2.75) is 90.4 Å². The minimum Gasteiger partial charge on any atom is -0.494 e. The number of halogens is 1. The highest BCUT2D eigenvalue weighted by Crippen LogP contribution is 2.16. The zero-order chi connectivity index (χ0) is 18.2. The molecule has 0 amide bonds. The molecule has 0 atom stereocenters. The van der Waals surface area contributed by atoms with Gasteiger partial charge in [0.25, 0.3) is 0 Å². The summed E-state index contributed by atoms with van der Waals surface area (Å²) < 4.78 is 5.77. The summed E-state index contributed by atoms with van der Waals surface area (Å²) in [6.45, 7) is 3.02. The Kier molecular flexibility index (Phi) is 13.4. The Morgan fingerprint density at radius 1 is 0.880 bits per heavy atom. The van der Waals surface area contributed by atoms with Crippen molar-refractivity contribution in [1.29, 1.82) is 0 Å². The lowest BCUT2D eigenvalue weighted by Crippen LogP contribution is -1.99. The monoisotopic (exact) mass is 366 g/mol. The van der Waals surface area contributed by atoms with E-state index in [1.165, 1.54) is 70.6 Å². The first-order chi connectivity index (χ1) is 12.2. The molecule has 1 aromatic rings. The van der Waals surface area contributed by atoms with Crippen LogP contribution < -0.4 is 4.74 Å². The summed E-state index contributed by atoms with van der Waals surface area (Å²) in [5, 5.41) is -0.335. The van der Waals surface area contributed by atoms with Gasteiger partial charge in [-0.3, -0.25) is 4.79 Å². The lowest BCUT2D eigenvalue weighted by molar-refractivity contribution is -0.111. The quantitative estimate of drug-likeness (QED) is 0.231. The summed E-state index contributed by atoms with van der Waals surface area (Å²) in [5.41, 5.74) is 0.909. The second kappa shape index (κ2) is 15.3. The Hall–Kier alpha value is -1.02. The van der Waals surface area contributed by atoms with Gasteiger partial charge in [0.1, 0.15) is 5.75 Å². The van der Waals surface area contributed by atoms with Crippen molar-refractivity contribution in [2.75, 3.05) is 6.61 Å². The molecular weight excluding hydrogens is 332 g/mol. The Labute approximate surface area is 159 Å². The maximum Gasteiger partial charge on any atom is 0.226 e. The zero-order valence-electron chi connectivity index (χ0n) is 15.9. The number of hydrogen-bond donors (Lipinski definition) is 0. The summed E-state index contributed by atoms with van der Waals surface area (Å²) in [7, 11) is 0. The summed E-state index contributed by atoms with van der Waals surface area (Å²) >= 11 is 5.42. The summed E-state index contributed by atoms with van der Waals surface area (Å²) in [6.07, 6.45) is 16.4. The van der Waals surface area contributed by atoms with Crippen LogP contribution in [0, 0.1) is 0 Å². The van der Waals surface area contributed by atoms with Crippen LogP contribution in [0.3, 0.4) is 0 Å². The Morgan fingerprint density at radius 3 is 2.00 bits per heavy atom. The lowest BCUT2D eigenvalue weighted by Gasteiger charge is -2.07. The topological polar surface area (TPSA) is 26.3 Å². The highest BCUT2D eigenvalue weighted by molar-refractivity contribution is 6.63. The van der Waals surface area contributed by atoms with Gasteiger partial charge >= 0.3 is 0 Å². The lowest BCUT2D eigenvalue weighted by atomic mass is 10.1. The van der Waals surface area contributed by atoms with Crippen LogP contribution in [-0.2, 0) is 11.2 Å². The molecule has 0 fully saturated rings. The minimum absolute atomic E-state index is 0.261. The molecule has 0 heterocycles. The molecule has 3 heteroatoms. The number of hydrogen-bond acceptors (Lipinski definition) is 2. The van der Waals surface area contributed by atoms with E-state index in [2.05, 4.69) is 6.92 Å². The molecule has 142 valence electrons. The molecular formula is C22H35ClO2. The fourth-order valence-electron chi connectivity index (χ4n) is 3.04. The van der Waals surface area contributed by atoms with Crippen LogP contribution in [0.1, 0.15) is 89.5 Å². The predicted molar refractivity (Wildman–Crippen MR) is 108 cm³/mol. The van der Waals surface area contributed by atoms with Gasteiger partial charge in [0, 0.05) is 6.42 Å². The van der Waals surface area contributed by atoms with E-state index >= 15 is 0 Å². The van der Waals surface area contributed by atoms with E-state index in [-0.39, 0.29) is 11.7 Å². The number of carbonyl (C=O) groups is 1. The molecule has 0 unspecified atom stereocenters. The highest BCUT2D eigenvalue weighted by Gasteiger charge is 2.01. The molecule has 0 aliphatic heterocycles. The smallest absolute Gasteiger partial charge is 0.226 e. The first-order valence-corrected chi connectivity index (χ1v) is 10.5. The van der Waals surface area contributed by atoms with Crippen LogP contribution in [0.15, 0.2) is 24.3 Å². The standard InChI is InChI=1S/C22H35ClO2/c1-2-3-4-5-6-7-8-9-10-11-12-13-17-25-21-16-14-15-20(18-21)19-22(23)24/h14-16,18H,2-13,17,19H2,1H3. The van der Waals surface area contributed by atoms with Crippen molar-refractivity contribution in [3.05, 3.63) is 29.8 Å². The molecule has 0 saturated heterocycles. The van der Waals surface area contributed by atoms with E-state index in [1.807, 2.05) is 24.3 Å². The van der Waals surface area contributed by atoms with Crippen molar-refractivity contribution < 1.29 is 9.53 Å². The third-order valence-corrected chi connectivity index (χ3v) is 4.64. The molecule has 0 N–H and O–H groups in total. The van der Waals surface area contributed by atoms with Crippen molar-refractivity contribution in [2.24, 2.45) is 0 Å². The minimum atomic E-state index is -0.335. The Morgan fingerprint density at radius 2 is 1.44 bits per heavy atom. The Bertz CT molecular complexity index is 459. The molecule has 0 aromatic heterocycles. The molecule has 2 nitrogen and oxygen atoms in total.